The Morgan fingerprint density at radius 3 is 2.79 bits per heavy atom. The fourth-order valence-electron chi connectivity index (χ4n) is 3.97. The maximum Gasteiger partial charge on any atom is 0.230 e. The normalized spacial score (nSPS) is 13.0. The van der Waals surface area contributed by atoms with Crippen LogP contribution < -0.4 is 11.1 Å². The summed E-state index contributed by atoms with van der Waals surface area (Å²) < 4.78 is 5.67. The number of nitrogens with two attached hydrogens (primary N) is 1. The van der Waals surface area contributed by atoms with Crippen molar-refractivity contribution in [3.05, 3.63) is 40.4 Å². The van der Waals surface area contributed by atoms with Crippen molar-refractivity contribution in [1.29, 1.82) is 0 Å². The Kier molecular flexibility index (Phi) is 7.64. The van der Waals surface area contributed by atoms with Crippen LogP contribution >= 0.6 is 23.4 Å². The van der Waals surface area contributed by atoms with Crippen LogP contribution in [0.1, 0.15) is 25.0 Å². The quantitative estimate of drug-likeness (QED) is 0.442. The summed E-state index contributed by atoms with van der Waals surface area (Å²) in [4.78, 5) is 27.7. The Balaban J connectivity index is 1.54. The summed E-state index contributed by atoms with van der Waals surface area (Å²) in [5.74, 6) is 0.597. The Hall–Kier alpha value is -2.46. The van der Waals surface area contributed by atoms with Gasteiger partial charge in [-0.3, -0.25) is 4.79 Å². The Labute approximate surface area is 202 Å². The van der Waals surface area contributed by atoms with E-state index in [1.165, 1.54) is 11.8 Å². The first kappa shape index (κ1) is 23.7. The Bertz CT molecular complexity index is 1170. The zero-order valence-electron chi connectivity index (χ0n) is 18.7. The van der Waals surface area contributed by atoms with Gasteiger partial charge in [-0.05, 0) is 41.1 Å². The highest BCUT2D eigenvalue weighted by Gasteiger charge is 2.21. The van der Waals surface area contributed by atoms with Crippen LogP contribution in [0.4, 0.5) is 5.95 Å². The molecule has 10 heteroatoms. The highest BCUT2D eigenvalue weighted by Crippen LogP contribution is 2.39. The molecule has 8 nitrogen and oxygen atoms in total. The van der Waals surface area contributed by atoms with Crippen molar-refractivity contribution in [3.8, 4) is 11.4 Å². The molecule has 174 valence electrons. The number of thioether (sulfide) groups is 1. The molecule has 0 spiro atoms. The van der Waals surface area contributed by atoms with Gasteiger partial charge in [0.1, 0.15) is 0 Å². The summed E-state index contributed by atoms with van der Waals surface area (Å²) >= 11 is 7.89. The zero-order valence-corrected chi connectivity index (χ0v) is 20.3. The number of amides is 1. The van der Waals surface area contributed by atoms with Gasteiger partial charge < -0.3 is 20.7 Å². The Morgan fingerprint density at radius 1 is 1.21 bits per heavy atom. The van der Waals surface area contributed by atoms with E-state index in [9.17, 15) is 4.79 Å². The van der Waals surface area contributed by atoms with Crippen molar-refractivity contribution < 1.29 is 9.53 Å². The summed E-state index contributed by atoms with van der Waals surface area (Å²) in [5, 5.41) is 5.91. The maximum atomic E-state index is 12.3. The molecule has 1 aliphatic heterocycles. The fraction of sp³-hybridized carbons (Fsp3) is 0.391. The first-order chi connectivity index (χ1) is 16.0. The predicted molar refractivity (Wildman–Crippen MR) is 132 cm³/mol. The number of ether oxygens (including phenoxy) is 1. The molecule has 3 N–H and O–H groups in total. The van der Waals surface area contributed by atoms with Gasteiger partial charge in [-0.15, -0.1) is 0 Å². The average molecular weight is 487 g/mol. The number of aromatic nitrogens is 3. The third-order valence-electron chi connectivity index (χ3n) is 5.63. The van der Waals surface area contributed by atoms with Gasteiger partial charge in [0.15, 0.2) is 11.0 Å². The highest BCUT2D eigenvalue weighted by atomic mass is 35.5. The van der Waals surface area contributed by atoms with Crippen LogP contribution in [-0.2, 0) is 22.7 Å². The summed E-state index contributed by atoms with van der Waals surface area (Å²) in [6.45, 7) is 8.61. The van der Waals surface area contributed by atoms with Gasteiger partial charge in [0.05, 0.1) is 24.0 Å². The number of nitrogens with zero attached hydrogens (tertiary/aromatic N) is 4. The second-order valence-corrected chi connectivity index (χ2v) is 9.04. The molecule has 0 radical (unpaired) electrons. The van der Waals surface area contributed by atoms with Crippen LogP contribution in [0.15, 0.2) is 29.4 Å². The van der Waals surface area contributed by atoms with E-state index >= 15 is 0 Å². The van der Waals surface area contributed by atoms with Gasteiger partial charge >= 0.3 is 0 Å². The molecule has 3 aromatic rings. The molecule has 0 bridgehead atoms. The number of anilines is 1. The largest absolute Gasteiger partial charge is 0.372 e. The van der Waals surface area contributed by atoms with E-state index in [1.807, 2.05) is 24.3 Å². The summed E-state index contributed by atoms with van der Waals surface area (Å²) in [6.07, 6.45) is 0. The maximum absolute atomic E-state index is 12.3. The molecular weight excluding hydrogens is 460 g/mol. The number of hydrogen-bond donors (Lipinski definition) is 2. The molecule has 0 saturated heterocycles. The van der Waals surface area contributed by atoms with Crippen LogP contribution in [0.3, 0.4) is 0 Å². The fourth-order valence-corrected chi connectivity index (χ4v) is 4.96. The zero-order chi connectivity index (χ0) is 23.4. The van der Waals surface area contributed by atoms with E-state index in [2.05, 4.69) is 39.0 Å². The monoisotopic (exact) mass is 486 g/mol. The van der Waals surface area contributed by atoms with Crippen molar-refractivity contribution in [2.75, 3.05) is 37.7 Å². The first-order valence-electron chi connectivity index (χ1n) is 10.9. The minimum atomic E-state index is -0.0766. The predicted octanol–water partition coefficient (Wildman–Crippen LogP) is 3.51. The molecule has 2 aromatic carbocycles. The lowest BCUT2D eigenvalue weighted by molar-refractivity contribution is -0.118. The van der Waals surface area contributed by atoms with Crippen LogP contribution in [-0.4, -0.2) is 57.7 Å². The summed E-state index contributed by atoms with van der Waals surface area (Å²) in [5.41, 5.74) is 8.84. The van der Waals surface area contributed by atoms with Crippen LogP contribution in [0.25, 0.3) is 22.2 Å². The van der Waals surface area contributed by atoms with E-state index in [4.69, 9.17) is 22.1 Å². The number of benzene rings is 2. The third-order valence-corrected chi connectivity index (χ3v) is 6.77. The topological polar surface area (TPSA) is 106 Å². The minimum Gasteiger partial charge on any atom is -0.372 e. The van der Waals surface area contributed by atoms with E-state index in [-0.39, 0.29) is 17.6 Å². The van der Waals surface area contributed by atoms with Gasteiger partial charge in [0.25, 0.3) is 0 Å². The number of halogens is 1. The SMILES string of the molecule is CCN(CC)CCNC(=O)CSc1nc(N)nc(-c2c(Cl)cc3c4c(cccc24)COC3)n1. The van der Waals surface area contributed by atoms with E-state index < -0.39 is 0 Å². The average Bonchev–Trinajstić information content (AvgIpc) is 2.80. The van der Waals surface area contributed by atoms with Crippen molar-refractivity contribution >= 4 is 46.0 Å². The van der Waals surface area contributed by atoms with Crippen LogP contribution in [0, 0.1) is 0 Å². The number of nitrogen functional groups attached to an aromatic ring is 1. The van der Waals surface area contributed by atoms with Crippen molar-refractivity contribution in [1.82, 2.24) is 25.2 Å². The highest BCUT2D eigenvalue weighted by molar-refractivity contribution is 7.99. The second-order valence-electron chi connectivity index (χ2n) is 7.69. The molecule has 2 heterocycles. The Morgan fingerprint density at radius 2 is 2.00 bits per heavy atom. The van der Waals surface area contributed by atoms with E-state index in [0.717, 1.165) is 41.5 Å². The molecule has 4 rings (SSSR count). The molecule has 1 aliphatic rings. The number of nitrogens with one attached hydrogen (secondary N) is 1. The molecule has 0 aliphatic carbocycles. The van der Waals surface area contributed by atoms with Crippen molar-refractivity contribution in [2.45, 2.75) is 32.2 Å². The number of likely N-dealkylation sites (N-methyl/N-ethyl adjacent to an activating group) is 1. The molecule has 33 heavy (non-hydrogen) atoms. The number of carbonyl (C=O) groups is 1. The molecule has 0 fully saturated rings. The van der Waals surface area contributed by atoms with Gasteiger partial charge in [-0.25, -0.2) is 4.98 Å². The number of carbonyl (C=O) groups excluding carboxylic acids is 1. The van der Waals surface area contributed by atoms with Gasteiger partial charge in [-0.1, -0.05) is 55.4 Å². The number of hydrogen-bond acceptors (Lipinski definition) is 8. The van der Waals surface area contributed by atoms with Crippen molar-refractivity contribution in [2.24, 2.45) is 0 Å². The lowest BCUT2D eigenvalue weighted by Crippen LogP contribution is -2.35. The van der Waals surface area contributed by atoms with Gasteiger partial charge in [0.2, 0.25) is 11.9 Å². The smallest absolute Gasteiger partial charge is 0.230 e. The third kappa shape index (κ3) is 5.38. The molecule has 0 saturated carbocycles. The van der Waals surface area contributed by atoms with E-state index in [1.54, 1.807) is 0 Å². The second kappa shape index (κ2) is 10.6. The molecule has 1 aromatic heterocycles. The van der Waals surface area contributed by atoms with Crippen LogP contribution in [0.5, 0.6) is 0 Å². The lowest BCUT2D eigenvalue weighted by atomic mass is 9.94. The molecule has 0 unspecified atom stereocenters. The molecule has 0 atom stereocenters. The minimum absolute atomic E-state index is 0.0766. The molecular formula is C23H27ClN6O2S. The first-order valence-corrected chi connectivity index (χ1v) is 12.3. The van der Waals surface area contributed by atoms with Crippen molar-refractivity contribution in [3.63, 3.8) is 0 Å². The lowest BCUT2D eigenvalue weighted by Gasteiger charge is -2.20. The van der Waals surface area contributed by atoms with Gasteiger partial charge in [-0.2, -0.15) is 9.97 Å². The summed E-state index contributed by atoms with van der Waals surface area (Å²) in [7, 11) is 0. The summed E-state index contributed by atoms with van der Waals surface area (Å²) in [6, 6.07) is 7.92. The van der Waals surface area contributed by atoms with Gasteiger partial charge in [0, 0.05) is 18.7 Å². The number of rotatable bonds is 9. The molecule has 1 amide bonds. The van der Waals surface area contributed by atoms with E-state index in [0.29, 0.717) is 41.3 Å². The standard InChI is InChI=1S/C23H27ClN6O2S/c1-3-30(4-2)9-8-26-18(31)13-33-23-28-21(27-22(25)29-23)20-16-7-5-6-14-11-32-12-15(19(14)16)10-17(20)24/h5-7,10H,3-4,8-9,11-13H2,1-2H3,(H,26,31)(H2,25,27,28,29). The van der Waals surface area contributed by atoms with Crippen LogP contribution in [0.2, 0.25) is 5.02 Å².